The molecule has 128 valence electrons. The zero-order chi connectivity index (χ0) is 17.1. The van der Waals surface area contributed by atoms with Crippen LogP contribution >= 0.6 is 0 Å². The quantitative estimate of drug-likeness (QED) is 0.763. The average Bonchev–Trinajstić information content (AvgIpc) is 2.95. The fraction of sp³-hybridized carbons (Fsp3) is 0.533. The molecule has 3 N–H and O–H groups in total. The number of hydrogen-bond donors (Lipinski definition) is 2. The van der Waals surface area contributed by atoms with E-state index in [4.69, 9.17) is 10.5 Å². The first-order valence-electron chi connectivity index (χ1n) is 7.54. The van der Waals surface area contributed by atoms with Crippen LogP contribution in [0, 0.1) is 5.82 Å². The molecule has 0 atom stereocenters. The third kappa shape index (κ3) is 4.07. The molecule has 0 bridgehead atoms. The minimum Gasteiger partial charge on any atom is -0.462 e. The zero-order valence-corrected chi connectivity index (χ0v) is 13.8. The summed E-state index contributed by atoms with van der Waals surface area (Å²) in [6.45, 7) is 1.90. The highest BCUT2D eigenvalue weighted by molar-refractivity contribution is 7.89. The monoisotopic (exact) mass is 344 g/mol. The molecule has 8 heteroatoms. The van der Waals surface area contributed by atoms with Gasteiger partial charge in [0, 0.05) is 12.1 Å². The first-order chi connectivity index (χ1) is 10.8. The number of carbonyl (C=O) groups excluding carboxylic acids is 1. The molecule has 2 rings (SSSR count). The smallest absolute Gasteiger partial charge is 0.338 e. The van der Waals surface area contributed by atoms with E-state index in [9.17, 15) is 17.6 Å². The number of carbonyl (C=O) groups is 1. The summed E-state index contributed by atoms with van der Waals surface area (Å²) in [6, 6.07) is 2.94. The molecular formula is C15H21FN2O4S. The fourth-order valence-electron chi connectivity index (χ4n) is 2.79. The Morgan fingerprint density at radius 3 is 2.57 bits per heavy atom. The van der Waals surface area contributed by atoms with E-state index in [2.05, 4.69) is 4.72 Å². The van der Waals surface area contributed by atoms with E-state index < -0.39 is 27.3 Å². The number of sulfonamides is 1. The topological polar surface area (TPSA) is 98.5 Å². The second kappa shape index (κ2) is 6.94. The molecule has 1 saturated carbocycles. The van der Waals surface area contributed by atoms with Gasteiger partial charge in [-0.05, 0) is 38.0 Å². The Morgan fingerprint density at radius 1 is 1.35 bits per heavy atom. The van der Waals surface area contributed by atoms with E-state index in [-0.39, 0.29) is 23.6 Å². The molecular weight excluding hydrogens is 323 g/mol. The lowest BCUT2D eigenvalue weighted by atomic mass is 10.0. The predicted molar refractivity (Wildman–Crippen MR) is 82.9 cm³/mol. The van der Waals surface area contributed by atoms with E-state index in [0.717, 1.165) is 31.0 Å². The Labute approximate surface area is 135 Å². The van der Waals surface area contributed by atoms with Crippen molar-refractivity contribution in [1.29, 1.82) is 0 Å². The molecule has 1 fully saturated rings. The lowest BCUT2D eigenvalue weighted by Crippen LogP contribution is -2.51. The number of benzene rings is 1. The summed E-state index contributed by atoms with van der Waals surface area (Å²) in [6.07, 6.45) is 3.06. The third-order valence-corrected chi connectivity index (χ3v) is 5.55. The largest absolute Gasteiger partial charge is 0.462 e. The first kappa shape index (κ1) is 17.8. The molecule has 0 radical (unpaired) electrons. The molecule has 1 aliphatic carbocycles. The summed E-state index contributed by atoms with van der Waals surface area (Å²) in [7, 11) is -3.99. The molecule has 0 unspecified atom stereocenters. The highest BCUT2D eigenvalue weighted by atomic mass is 32.2. The van der Waals surface area contributed by atoms with Crippen LogP contribution in [0.3, 0.4) is 0 Å². The van der Waals surface area contributed by atoms with E-state index in [0.29, 0.717) is 12.8 Å². The van der Waals surface area contributed by atoms with Gasteiger partial charge in [0.25, 0.3) is 0 Å². The Balaban J connectivity index is 2.34. The summed E-state index contributed by atoms with van der Waals surface area (Å²) in [5, 5.41) is 0. The molecule has 0 amide bonds. The van der Waals surface area contributed by atoms with Crippen LogP contribution < -0.4 is 10.5 Å². The molecule has 0 heterocycles. The van der Waals surface area contributed by atoms with Crippen molar-refractivity contribution in [2.45, 2.75) is 43.0 Å². The van der Waals surface area contributed by atoms with Crippen molar-refractivity contribution >= 4 is 16.0 Å². The van der Waals surface area contributed by atoms with Crippen molar-refractivity contribution in [2.75, 3.05) is 13.2 Å². The summed E-state index contributed by atoms with van der Waals surface area (Å²) in [5.74, 6) is -1.58. The predicted octanol–water partition coefficient (Wildman–Crippen LogP) is 1.55. The van der Waals surface area contributed by atoms with E-state index in [1.54, 1.807) is 6.92 Å². The van der Waals surface area contributed by atoms with Gasteiger partial charge in [0.05, 0.1) is 17.1 Å². The highest BCUT2D eigenvalue weighted by Crippen LogP contribution is 2.30. The Bertz CT molecular complexity index is 685. The molecule has 0 aliphatic heterocycles. The number of rotatable bonds is 6. The van der Waals surface area contributed by atoms with Crippen LogP contribution in [0.15, 0.2) is 23.1 Å². The van der Waals surface area contributed by atoms with Crippen LogP contribution in [0.4, 0.5) is 4.39 Å². The van der Waals surface area contributed by atoms with Crippen LogP contribution in [0.1, 0.15) is 43.0 Å². The van der Waals surface area contributed by atoms with Gasteiger partial charge in [-0.15, -0.1) is 0 Å². The van der Waals surface area contributed by atoms with Gasteiger partial charge in [-0.2, -0.15) is 0 Å². The van der Waals surface area contributed by atoms with Crippen molar-refractivity contribution < 1.29 is 22.3 Å². The minimum atomic E-state index is -3.99. The van der Waals surface area contributed by atoms with Crippen molar-refractivity contribution in [3.63, 3.8) is 0 Å². The van der Waals surface area contributed by atoms with Crippen molar-refractivity contribution in [3.8, 4) is 0 Å². The molecule has 1 aromatic rings. The number of esters is 1. The van der Waals surface area contributed by atoms with Crippen LogP contribution in [-0.4, -0.2) is 33.1 Å². The van der Waals surface area contributed by atoms with Gasteiger partial charge in [0.15, 0.2) is 0 Å². The van der Waals surface area contributed by atoms with Crippen LogP contribution in [0.25, 0.3) is 0 Å². The van der Waals surface area contributed by atoms with Gasteiger partial charge >= 0.3 is 5.97 Å². The van der Waals surface area contributed by atoms with Crippen molar-refractivity contribution in [3.05, 3.63) is 29.6 Å². The fourth-order valence-corrected chi connectivity index (χ4v) is 4.32. The second-order valence-corrected chi connectivity index (χ2v) is 7.38. The van der Waals surface area contributed by atoms with Crippen molar-refractivity contribution in [2.24, 2.45) is 5.73 Å². The number of nitrogens with two attached hydrogens (primary N) is 1. The summed E-state index contributed by atoms with van der Waals surface area (Å²) in [4.78, 5) is 11.4. The Hall–Kier alpha value is -1.51. The minimum absolute atomic E-state index is 0.117. The standard InChI is InChI=1S/C15H21FN2O4S/c1-2-22-14(19)11-7-12(16)9-13(8-11)23(20,21)18-15(10-17)5-3-4-6-15/h7-9,18H,2-6,10,17H2,1H3. The molecule has 1 aliphatic rings. The van der Waals surface area contributed by atoms with Gasteiger partial charge in [0.2, 0.25) is 10.0 Å². The SMILES string of the molecule is CCOC(=O)c1cc(F)cc(S(=O)(=O)NC2(CN)CCCC2)c1. The van der Waals surface area contributed by atoms with Gasteiger partial charge in [-0.25, -0.2) is 22.3 Å². The van der Waals surface area contributed by atoms with Crippen LogP contribution in [0.5, 0.6) is 0 Å². The van der Waals surface area contributed by atoms with Gasteiger partial charge in [-0.3, -0.25) is 0 Å². The van der Waals surface area contributed by atoms with Crippen LogP contribution in [-0.2, 0) is 14.8 Å². The summed E-state index contributed by atoms with van der Waals surface area (Å²) < 4.78 is 46.2. The normalized spacial score (nSPS) is 17.2. The number of nitrogens with one attached hydrogen (secondary N) is 1. The molecule has 6 nitrogen and oxygen atoms in total. The third-order valence-electron chi connectivity index (χ3n) is 4.00. The zero-order valence-electron chi connectivity index (χ0n) is 13.0. The number of hydrogen-bond acceptors (Lipinski definition) is 5. The summed E-state index contributed by atoms with van der Waals surface area (Å²) in [5.41, 5.74) is 4.89. The van der Waals surface area contributed by atoms with Crippen LogP contribution in [0.2, 0.25) is 0 Å². The van der Waals surface area contributed by atoms with E-state index in [1.165, 1.54) is 0 Å². The van der Waals surface area contributed by atoms with Gasteiger partial charge in [0.1, 0.15) is 5.82 Å². The maximum absolute atomic E-state index is 13.7. The maximum atomic E-state index is 13.7. The Kier molecular flexibility index (Phi) is 5.38. The van der Waals surface area contributed by atoms with Crippen molar-refractivity contribution in [1.82, 2.24) is 4.72 Å². The molecule has 0 aromatic heterocycles. The summed E-state index contributed by atoms with van der Waals surface area (Å²) >= 11 is 0. The maximum Gasteiger partial charge on any atom is 0.338 e. The van der Waals surface area contributed by atoms with E-state index in [1.807, 2.05) is 0 Å². The number of ether oxygens (including phenoxy) is 1. The second-order valence-electron chi connectivity index (χ2n) is 5.69. The average molecular weight is 344 g/mol. The van der Waals surface area contributed by atoms with E-state index >= 15 is 0 Å². The molecule has 0 spiro atoms. The number of halogens is 1. The molecule has 1 aromatic carbocycles. The van der Waals surface area contributed by atoms with Gasteiger partial charge < -0.3 is 10.5 Å². The lowest BCUT2D eigenvalue weighted by Gasteiger charge is -2.28. The van der Waals surface area contributed by atoms with Gasteiger partial charge in [-0.1, -0.05) is 12.8 Å². The lowest BCUT2D eigenvalue weighted by molar-refractivity contribution is 0.0525. The molecule has 23 heavy (non-hydrogen) atoms. The Morgan fingerprint density at radius 2 is 2.00 bits per heavy atom. The highest BCUT2D eigenvalue weighted by Gasteiger charge is 2.37. The molecule has 0 saturated heterocycles. The first-order valence-corrected chi connectivity index (χ1v) is 9.02.